The summed E-state index contributed by atoms with van der Waals surface area (Å²) in [6, 6.07) is 5.65. The Bertz CT molecular complexity index is 677. The third-order valence-corrected chi connectivity index (χ3v) is 3.43. The lowest BCUT2D eigenvalue weighted by Crippen LogP contribution is -2.27. The van der Waals surface area contributed by atoms with E-state index in [1.165, 1.54) is 0 Å². The van der Waals surface area contributed by atoms with Crippen molar-refractivity contribution in [3.63, 3.8) is 0 Å². The summed E-state index contributed by atoms with van der Waals surface area (Å²) in [6.07, 6.45) is 7.50. The molecule has 0 spiro atoms. The lowest BCUT2D eigenvalue weighted by molar-refractivity contribution is -0.117. The number of hydrogen-bond acceptors (Lipinski definition) is 3. The summed E-state index contributed by atoms with van der Waals surface area (Å²) in [5.41, 5.74) is 0. The molecular formula is C15H15N3O2. The zero-order valence-electron chi connectivity index (χ0n) is 11.2. The standard InChI is InChI=1S/C15H15N3O2/c1-3-12-8-15(19)17(9-12)14-6-7-16-18(14)10-13-5-4-11(2)20-13/h1,4-7,12H,8-10H2,2H3. The highest BCUT2D eigenvalue weighted by molar-refractivity contribution is 5.95. The SMILES string of the molecule is C#CC1CC(=O)N(c2ccnn2Cc2ccc(C)o2)C1. The number of aromatic nitrogens is 2. The van der Waals surface area contributed by atoms with Crippen LogP contribution in [0.4, 0.5) is 5.82 Å². The first kappa shape index (κ1) is 12.5. The Balaban J connectivity index is 1.84. The van der Waals surface area contributed by atoms with Gasteiger partial charge < -0.3 is 4.42 Å². The summed E-state index contributed by atoms with van der Waals surface area (Å²) in [7, 11) is 0. The van der Waals surface area contributed by atoms with E-state index in [1.807, 2.05) is 25.1 Å². The first-order valence-corrected chi connectivity index (χ1v) is 6.51. The average molecular weight is 269 g/mol. The largest absolute Gasteiger partial charge is 0.464 e. The molecule has 0 radical (unpaired) electrons. The quantitative estimate of drug-likeness (QED) is 0.799. The van der Waals surface area contributed by atoms with Crippen molar-refractivity contribution in [2.45, 2.75) is 19.9 Å². The fraction of sp³-hybridized carbons (Fsp3) is 0.333. The molecule has 0 aromatic carbocycles. The Labute approximate surface area is 117 Å². The second kappa shape index (κ2) is 4.89. The molecule has 1 fully saturated rings. The third kappa shape index (κ3) is 2.21. The van der Waals surface area contributed by atoms with E-state index in [9.17, 15) is 4.79 Å². The number of aryl methyl sites for hydroxylation is 1. The second-order valence-electron chi connectivity index (χ2n) is 4.93. The Morgan fingerprint density at radius 1 is 1.50 bits per heavy atom. The van der Waals surface area contributed by atoms with Gasteiger partial charge in [-0.05, 0) is 19.1 Å². The minimum absolute atomic E-state index is 0.0169. The number of carbonyl (C=O) groups excluding carboxylic acids is 1. The van der Waals surface area contributed by atoms with Gasteiger partial charge in [-0.15, -0.1) is 12.3 Å². The molecule has 1 unspecified atom stereocenters. The van der Waals surface area contributed by atoms with E-state index in [2.05, 4.69) is 11.0 Å². The Morgan fingerprint density at radius 2 is 2.35 bits per heavy atom. The molecule has 5 heteroatoms. The van der Waals surface area contributed by atoms with Crippen LogP contribution in [-0.4, -0.2) is 22.2 Å². The minimum atomic E-state index is -0.0169. The van der Waals surface area contributed by atoms with E-state index < -0.39 is 0 Å². The normalized spacial score (nSPS) is 18.5. The molecule has 3 heterocycles. The van der Waals surface area contributed by atoms with Crippen molar-refractivity contribution >= 4 is 11.7 Å². The number of furan rings is 1. The van der Waals surface area contributed by atoms with Crippen LogP contribution in [0.3, 0.4) is 0 Å². The third-order valence-electron chi connectivity index (χ3n) is 3.43. The summed E-state index contributed by atoms with van der Waals surface area (Å²) in [5.74, 6) is 5.12. The van der Waals surface area contributed by atoms with E-state index in [-0.39, 0.29) is 11.8 Å². The number of amides is 1. The highest BCUT2D eigenvalue weighted by Crippen LogP contribution is 2.25. The van der Waals surface area contributed by atoms with Gasteiger partial charge in [0.25, 0.3) is 0 Å². The summed E-state index contributed by atoms with van der Waals surface area (Å²) in [4.78, 5) is 13.7. The van der Waals surface area contributed by atoms with Crippen molar-refractivity contribution in [2.75, 3.05) is 11.4 Å². The van der Waals surface area contributed by atoms with Crippen LogP contribution in [0.2, 0.25) is 0 Å². The fourth-order valence-electron chi connectivity index (χ4n) is 2.44. The lowest BCUT2D eigenvalue weighted by Gasteiger charge is -2.17. The monoisotopic (exact) mass is 269 g/mol. The lowest BCUT2D eigenvalue weighted by atomic mass is 10.1. The molecule has 5 nitrogen and oxygen atoms in total. The molecule has 0 aliphatic carbocycles. The van der Waals surface area contributed by atoms with E-state index in [1.54, 1.807) is 15.8 Å². The van der Waals surface area contributed by atoms with Crippen LogP contribution in [0.25, 0.3) is 0 Å². The van der Waals surface area contributed by atoms with Gasteiger partial charge in [0.05, 0.1) is 6.20 Å². The first-order valence-electron chi connectivity index (χ1n) is 6.51. The molecule has 0 N–H and O–H groups in total. The van der Waals surface area contributed by atoms with Gasteiger partial charge in [0.1, 0.15) is 23.9 Å². The van der Waals surface area contributed by atoms with Gasteiger partial charge in [0.15, 0.2) is 0 Å². The van der Waals surface area contributed by atoms with Gasteiger partial charge in [-0.3, -0.25) is 9.69 Å². The summed E-state index contributed by atoms with van der Waals surface area (Å²) in [6.45, 7) is 2.95. The number of rotatable bonds is 3. The Hall–Kier alpha value is -2.48. The smallest absolute Gasteiger partial charge is 0.229 e. The molecule has 2 aromatic rings. The molecule has 3 rings (SSSR count). The van der Waals surface area contributed by atoms with Crippen LogP contribution in [0.1, 0.15) is 17.9 Å². The van der Waals surface area contributed by atoms with Crippen molar-refractivity contribution in [3.8, 4) is 12.3 Å². The van der Waals surface area contributed by atoms with Gasteiger partial charge in [0.2, 0.25) is 5.91 Å². The summed E-state index contributed by atoms with van der Waals surface area (Å²) in [5, 5.41) is 4.26. The van der Waals surface area contributed by atoms with Crippen molar-refractivity contribution in [2.24, 2.45) is 5.92 Å². The molecule has 0 bridgehead atoms. The molecule has 1 atom stereocenters. The van der Waals surface area contributed by atoms with Crippen LogP contribution in [0, 0.1) is 25.2 Å². The van der Waals surface area contributed by atoms with Crippen molar-refractivity contribution < 1.29 is 9.21 Å². The molecule has 2 aromatic heterocycles. The van der Waals surface area contributed by atoms with Crippen LogP contribution in [0.5, 0.6) is 0 Å². The van der Waals surface area contributed by atoms with Crippen LogP contribution >= 0.6 is 0 Å². The first-order chi connectivity index (χ1) is 9.67. The number of carbonyl (C=O) groups is 1. The van der Waals surface area contributed by atoms with E-state index in [0.717, 1.165) is 17.3 Å². The molecule has 1 aliphatic heterocycles. The highest BCUT2D eigenvalue weighted by atomic mass is 16.3. The number of hydrogen-bond donors (Lipinski definition) is 0. The number of nitrogens with zero attached hydrogens (tertiary/aromatic N) is 3. The number of anilines is 1. The van der Waals surface area contributed by atoms with Crippen LogP contribution in [0.15, 0.2) is 28.8 Å². The highest BCUT2D eigenvalue weighted by Gasteiger charge is 2.31. The maximum atomic E-state index is 12.0. The zero-order chi connectivity index (χ0) is 14.1. The Kier molecular flexibility index (Phi) is 3.07. The molecule has 102 valence electrons. The summed E-state index contributed by atoms with van der Waals surface area (Å²) >= 11 is 0. The minimum Gasteiger partial charge on any atom is -0.464 e. The van der Waals surface area contributed by atoms with E-state index >= 15 is 0 Å². The second-order valence-corrected chi connectivity index (χ2v) is 4.93. The molecule has 20 heavy (non-hydrogen) atoms. The fourth-order valence-corrected chi connectivity index (χ4v) is 2.44. The Morgan fingerprint density at radius 3 is 3.00 bits per heavy atom. The van der Waals surface area contributed by atoms with Gasteiger partial charge >= 0.3 is 0 Å². The van der Waals surface area contributed by atoms with Crippen molar-refractivity contribution in [3.05, 3.63) is 35.9 Å². The van der Waals surface area contributed by atoms with E-state index in [0.29, 0.717) is 19.5 Å². The molecular weight excluding hydrogens is 254 g/mol. The van der Waals surface area contributed by atoms with Crippen molar-refractivity contribution in [1.29, 1.82) is 0 Å². The average Bonchev–Trinajstić information content (AvgIpc) is 3.11. The molecule has 0 saturated carbocycles. The molecule has 1 aliphatic rings. The van der Waals surface area contributed by atoms with Gasteiger partial charge in [-0.25, -0.2) is 4.68 Å². The zero-order valence-corrected chi connectivity index (χ0v) is 11.2. The number of terminal acetylenes is 1. The topological polar surface area (TPSA) is 51.3 Å². The maximum Gasteiger partial charge on any atom is 0.229 e. The molecule has 1 amide bonds. The van der Waals surface area contributed by atoms with Gasteiger partial charge in [-0.1, -0.05) is 0 Å². The summed E-state index contributed by atoms with van der Waals surface area (Å²) < 4.78 is 7.31. The van der Waals surface area contributed by atoms with Gasteiger partial charge in [0, 0.05) is 24.9 Å². The predicted octanol–water partition coefficient (Wildman–Crippen LogP) is 1.82. The van der Waals surface area contributed by atoms with Crippen LogP contribution < -0.4 is 4.90 Å². The predicted molar refractivity (Wildman–Crippen MR) is 74.1 cm³/mol. The van der Waals surface area contributed by atoms with Crippen molar-refractivity contribution in [1.82, 2.24) is 9.78 Å². The maximum absolute atomic E-state index is 12.0. The van der Waals surface area contributed by atoms with E-state index in [4.69, 9.17) is 10.8 Å². The molecule has 1 saturated heterocycles. The van der Waals surface area contributed by atoms with Crippen LogP contribution in [-0.2, 0) is 11.3 Å². The van der Waals surface area contributed by atoms with Gasteiger partial charge in [-0.2, -0.15) is 5.10 Å².